The Morgan fingerprint density at radius 2 is 1.68 bits per heavy atom. The highest BCUT2D eigenvalue weighted by Crippen LogP contribution is 2.17. The lowest BCUT2D eigenvalue weighted by atomic mass is 10.1. The Balaban J connectivity index is 1.59. The molecule has 1 saturated heterocycles. The molecule has 5 heteroatoms. The van der Waals surface area contributed by atoms with Crippen molar-refractivity contribution in [3.63, 3.8) is 0 Å². The summed E-state index contributed by atoms with van der Waals surface area (Å²) in [7, 11) is 0. The van der Waals surface area contributed by atoms with Crippen molar-refractivity contribution < 1.29 is 4.79 Å². The maximum absolute atomic E-state index is 13.0. The predicted molar refractivity (Wildman–Crippen MR) is 115 cm³/mol. The molecule has 0 unspecified atom stereocenters. The van der Waals surface area contributed by atoms with E-state index in [9.17, 15) is 4.79 Å². The van der Waals surface area contributed by atoms with Gasteiger partial charge in [-0.05, 0) is 30.5 Å². The van der Waals surface area contributed by atoms with Crippen LogP contribution in [-0.2, 0) is 6.54 Å². The van der Waals surface area contributed by atoms with Crippen LogP contribution in [0.15, 0.2) is 48.7 Å². The van der Waals surface area contributed by atoms with Crippen molar-refractivity contribution in [3.05, 3.63) is 59.8 Å². The number of hydrogen-bond acceptors (Lipinski definition) is 4. The van der Waals surface area contributed by atoms with E-state index in [1.54, 1.807) is 6.20 Å². The zero-order valence-electron chi connectivity index (χ0n) is 17.2. The first-order valence-electron chi connectivity index (χ1n) is 10.5. The van der Waals surface area contributed by atoms with Gasteiger partial charge in [-0.2, -0.15) is 0 Å². The summed E-state index contributed by atoms with van der Waals surface area (Å²) < 4.78 is 0. The third kappa shape index (κ3) is 5.32. The van der Waals surface area contributed by atoms with Crippen LogP contribution in [0.1, 0.15) is 42.6 Å². The van der Waals surface area contributed by atoms with Gasteiger partial charge >= 0.3 is 0 Å². The van der Waals surface area contributed by atoms with Gasteiger partial charge in [-0.3, -0.25) is 9.69 Å². The van der Waals surface area contributed by atoms with Gasteiger partial charge in [-0.15, -0.1) is 0 Å². The molecule has 0 spiro atoms. The molecule has 28 heavy (non-hydrogen) atoms. The summed E-state index contributed by atoms with van der Waals surface area (Å²) in [5.74, 6) is 1.04. The van der Waals surface area contributed by atoms with Gasteiger partial charge in [0.2, 0.25) is 0 Å². The number of nitrogens with zero attached hydrogens (tertiary/aromatic N) is 4. The van der Waals surface area contributed by atoms with Crippen LogP contribution >= 0.6 is 0 Å². The molecule has 1 aromatic heterocycles. The first kappa shape index (κ1) is 20.3. The second-order valence-corrected chi connectivity index (χ2v) is 7.44. The minimum Gasteiger partial charge on any atom is -0.357 e. The molecule has 0 bridgehead atoms. The topological polar surface area (TPSA) is 39.7 Å². The van der Waals surface area contributed by atoms with E-state index >= 15 is 0 Å². The lowest BCUT2D eigenvalue weighted by Crippen LogP contribution is -2.48. The maximum Gasteiger partial charge on any atom is 0.254 e. The molecule has 0 saturated carbocycles. The molecule has 0 aliphatic carbocycles. The summed E-state index contributed by atoms with van der Waals surface area (Å²) in [6, 6.07) is 14.3. The number of carbonyl (C=O) groups is 1. The number of piperazine rings is 1. The molecule has 0 radical (unpaired) electrons. The molecular formula is C23H32N4O. The first-order chi connectivity index (χ1) is 13.7. The van der Waals surface area contributed by atoms with Gasteiger partial charge in [0.25, 0.3) is 5.91 Å². The molecule has 1 aliphatic rings. The lowest BCUT2D eigenvalue weighted by Gasteiger charge is -2.35. The molecule has 0 N–H and O–H groups in total. The quantitative estimate of drug-likeness (QED) is 0.701. The fraction of sp³-hybridized carbons (Fsp3) is 0.478. The number of aromatic nitrogens is 1. The van der Waals surface area contributed by atoms with E-state index < -0.39 is 0 Å². The number of anilines is 1. The third-order valence-electron chi connectivity index (χ3n) is 5.21. The number of hydrogen-bond donors (Lipinski definition) is 0. The average molecular weight is 381 g/mol. The molecule has 0 atom stereocenters. The van der Waals surface area contributed by atoms with Crippen molar-refractivity contribution >= 4 is 11.7 Å². The molecule has 150 valence electrons. The summed E-state index contributed by atoms with van der Waals surface area (Å²) in [6.45, 7) is 10.6. The van der Waals surface area contributed by atoms with Gasteiger partial charge in [0.1, 0.15) is 5.82 Å². The largest absolute Gasteiger partial charge is 0.357 e. The first-order valence-corrected chi connectivity index (χ1v) is 10.5. The van der Waals surface area contributed by atoms with E-state index in [-0.39, 0.29) is 5.91 Å². The van der Waals surface area contributed by atoms with Crippen LogP contribution in [0.25, 0.3) is 0 Å². The van der Waals surface area contributed by atoms with Crippen molar-refractivity contribution in [2.75, 3.05) is 44.2 Å². The highest BCUT2D eigenvalue weighted by Gasteiger charge is 2.23. The minimum absolute atomic E-state index is 0.121. The SMILES string of the molecule is CCCN(CCC)c1cc(C(=O)N2CCN(Cc3ccccc3)CC2)ccn1. The Kier molecular flexibility index (Phi) is 7.43. The van der Waals surface area contributed by atoms with Gasteiger partial charge in [0.15, 0.2) is 0 Å². The van der Waals surface area contributed by atoms with Crippen molar-refractivity contribution in [1.82, 2.24) is 14.8 Å². The zero-order valence-corrected chi connectivity index (χ0v) is 17.2. The Morgan fingerprint density at radius 1 is 1.00 bits per heavy atom. The van der Waals surface area contributed by atoms with Crippen LogP contribution in [0.2, 0.25) is 0 Å². The predicted octanol–water partition coefficient (Wildman–Crippen LogP) is 3.67. The fourth-order valence-electron chi connectivity index (χ4n) is 3.74. The normalized spacial score (nSPS) is 14.9. The van der Waals surface area contributed by atoms with Crippen LogP contribution in [-0.4, -0.2) is 60.0 Å². The summed E-state index contributed by atoms with van der Waals surface area (Å²) in [6.07, 6.45) is 3.92. The minimum atomic E-state index is 0.121. The molecule has 1 aromatic carbocycles. The van der Waals surface area contributed by atoms with Gasteiger partial charge < -0.3 is 9.80 Å². The number of pyridine rings is 1. The van der Waals surface area contributed by atoms with Crippen LogP contribution in [0, 0.1) is 0 Å². The van der Waals surface area contributed by atoms with Gasteiger partial charge in [-0.25, -0.2) is 4.98 Å². The molecule has 2 aromatic rings. The number of benzene rings is 1. The Morgan fingerprint density at radius 3 is 2.32 bits per heavy atom. The zero-order chi connectivity index (χ0) is 19.8. The summed E-state index contributed by atoms with van der Waals surface area (Å²) in [4.78, 5) is 24.2. The lowest BCUT2D eigenvalue weighted by molar-refractivity contribution is 0.0628. The van der Waals surface area contributed by atoms with Crippen molar-refractivity contribution in [2.45, 2.75) is 33.2 Å². The van der Waals surface area contributed by atoms with Crippen LogP contribution in [0.5, 0.6) is 0 Å². The highest BCUT2D eigenvalue weighted by molar-refractivity contribution is 5.95. The molecule has 2 heterocycles. The third-order valence-corrected chi connectivity index (χ3v) is 5.21. The van der Waals surface area contributed by atoms with E-state index in [4.69, 9.17) is 0 Å². The smallest absolute Gasteiger partial charge is 0.254 e. The Hall–Kier alpha value is -2.40. The highest BCUT2D eigenvalue weighted by atomic mass is 16.2. The summed E-state index contributed by atoms with van der Waals surface area (Å²) >= 11 is 0. The summed E-state index contributed by atoms with van der Waals surface area (Å²) in [5, 5.41) is 0. The van der Waals surface area contributed by atoms with Gasteiger partial charge in [0, 0.05) is 57.6 Å². The van der Waals surface area contributed by atoms with Crippen LogP contribution in [0.3, 0.4) is 0 Å². The number of rotatable bonds is 8. The molecule has 1 aliphatic heterocycles. The van der Waals surface area contributed by atoms with E-state index in [1.165, 1.54) is 5.56 Å². The molecule has 1 fully saturated rings. The van der Waals surface area contributed by atoms with Crippen LogP contribution < -0.4 is 4.90 Å². The van der Waals surface area contributed by atoms with E-state index in [0.29, 0.717) is 0 Å². The van der Waals surface area contributed by atoms with Gasteiger partial charge in [0.05, 0.1) is 0 Å². The second kappa shape index (κ2) is 10.2. The van der Waals surface area contributed by atoms with E-state index in [0.717, 1.165) is 70.0 Å². The molecule has 1 amide bonds. The Labute approximate surface area is 169 Å². The standard InChI is InChI=1S/C23H32N4O/c1-3-12-26(13-4-2)22-18-21(10-11-24-22)23(28)27-16-14-25(15-17-27)19-20-8-6-5-7-9-20/h5-11,18H,3-4,12-17,19H2,1-2H3. The molecular weight excluding hydrogens is 348 g/mol. The molecule has 3 rings (SSSR count). The van der Waals surface area contributed by atoms with E-state index in [2.05, 4.69) is 52.9 Å². The average Bonchev–Trinajstić information content (AvgIpc) is 2.74. The number of carbonyl (C=O) groups excluding carboxylic acids is 1. The monoisotopic (exact) mass is 380 g/mol. The van der Waals surface area contributed by atoms with Crippen LogP contribution in [0.4, 0.5) is 5.82 Å². The fourth-order valence-corrected chi connectivity index (χ4v) is 3.74. The van der Waals surface area contributed by atoms with Crippen molar-refractivity contribution in [1.29, 1.82) is 0 Å². The van der Waals surface area contributed by atoms with E-state index in [1.807, 2.05) is 23.1 Å². The number of amides is 1. The Bertz CT molecular complexity index is 735. The second-order valence-electron chi connectivity index (χ2n) is 7.44. The summed E-state index contributed by atoms with van der Waals surface area (Å²) in [5.41, 5.74) is 2.08. The van der Waals surface area contributed by atoms with Crippen molar-refractivity contribution in [3.8, 4) is 0 Å². The van der Waals surface area contributed by atoms with Gasteiger partial charge in [-0.1, -0.05) is 44.2 Å². The molecule has 5 nitrogen and oxygen atoms in total. The maximum atomic E-state index is 13.0. The van der Waals surface area contributed by atoms with Crippen molar-refractivity contribution in [2.24, 2.45) is 0 Å².